The van der Waals surface area contributed by atoms with Crippen LogP contribution in [-0.4, -0.2) is 45.0 Å². The van der Waals surface area contributed by atoms with E-state index in [1.54, 1.807) is 6.92 Å². The summed E-state index contributed by atoms with van der Waals surface area (Å²) in [5.74, 6) is 3.08. The highest BCUT2D eigenvalue weighted by Crippen LogP contribution is 2.61. The summed E-state index contributed by atoms with van der Waals surface area (Å²) in [5.41, 5.74) is -6.66. The maximum Gasteiger partial charge on any atom is 0.438 e. The van der Waals surface area contributed by atoms with E-state index in [1.807, 2.05) is 32.8 Å². The number of hydrogen-bond acceptors (Lipinski definition) is 3. The van der Waals surface area contributed by atoms with Crippen molar-refractivity contribution in [3.63, 3.8) is 0 Å². The summed E-state index contributed by atoms with van der Waals surface area (Å²) in [7, 11) is 0. The van der Waals surface area contributed by atoms with Crippen molar-refractivity contribution in [1.82, 2.24) is 0 Å². The molecular weight excluding hydrogens is 462 g/mol. The van der Waals surface area contributed by atoms with E-state index >= 15 is 0 Å². The molecule has 0 heterocycles. The van der Waals surface area contributed by atoms with Crippen LogP contribution in [0.2, 0.25) is 0 Å². The molecule has 2 bridgehead atoms. The fourth-order valence-electron chi connectivity index (χ4n) is 6.52. The maximum atomic E-state index is 12.9. The number of halogens is 6. The first-order valence-electron chi connectivity index (χ1n) is 11.7. The molecule has 9 heteroatoms. The largest absolute Gasteiger partial charge is 0.438 e. The van der Waals surface area contributed by atoms with Crippen LogP contribution < -0.4 is 0 Å². The van der Waals surface area contributed by atoms with Crippen LogP contribution in [0.1, 0.15) is 66.2 Å². The molecule has 0 aromatic carbocycles. The Morgan fingerprint density at radius 3 is 2.15 bits per heavy atom. The first-order chi connectivity index (χ1) is 15.3. The third kappa shape index (κ3) is 4.28. The molecule has 3 aliphatic carbocycles. The van der Waals surface area contributed by atoms with Gasteiger partial charge in [-0.05, 0) is 60.2 Å². The molecule has 2 unspecified atom stereocenters. The summed E-state index contributed by atoms with van der Waals surface area (Å²) < 4.78 is 77.3. The molecule has 3 nitrogen and oxygen atoms in total. The minimum Gasteiger partial charge on any atom is -0.393 e. The second-order valence-corrected chi connectivity index (χ2v) is 11.5. The zero-order valence-electron chi connectivity index (χ0n) is 19.9. The molecule has 0 spiro atoms. The Balaban J connectivity index is 1.72. The summed E-state index contributed by atoms with van der Waals surface area (Å²) >= 11 is 0. The third-order valence-corrected chi connectivity index (χ3v) is 9.42. The summed E-state index contributed by atoms with van der Waals surface area (Å²) in [4.78, 5) is 0. The molecule has 0 saturated heterocycles. The Morgan fingerprint density at radius 1 is 1.03 bits per heavy atom. The lowest BCUT2D eigenvalue weighted by atomic mass is 9.53. The van der Waals surface area contributed by atoms with Crippen molar-refractivity contribution in [1.29, 1.82) is 0 Å². The van der Waals surface area contributed by atoms with Gasteiger partial charge in [-0.1, -0.05) is 45.8 Å². The Morgan fingerprint density at radius 2 is 1.62 bits per heavy atom. The van der Waals surface area contributed by atoms with Crippen LogP contribution in [0, 0.1) is 46.3 Å². The van der Waals surface area contributed by atoms with Crippen LogP contribution >= 0.6 is 0 Å². The Hall–Kier alpha value is -1.24. The van der Waals surface area contributed by atoms with Gasteiger partial charge in [0.25, 0.3) is 0 Å². The lowest BCUT2D eigenvalue weighted by Gasteiger charge is -2.56. The lowest BCUT2D eigenvalue weighted by molar-refractivity contribution is -0.343. The highest BCUT2D eigenvalue weighted by Gasteiger charge is 2.70. The molecule has 0 aromatic heterocycles. The molecular formula is C25H34F6O3. The van der Waals surface area contributed by atoms with E-state index in [2.05, 4.69) is 6.08 Å². The van der Waals surface area contributed by atoms with Crippen molar-refractivity contribution >= 4 is 0 Å². The third-order valence-electron chi connectivity index (χ3n) is 9.42. The van der Waals surface area contributed by atoms with Gasteiger partial charge in [0.2, 0.25) is 0 Å². The normalized spacial score (nSPS) is 38.9. The summed E-state index contributed by atoms with van der Waals surface area (Å²) in [5, 5.41) is 29.9. The molecule has 3 aliphatic rings. The minimum atomic E-state index is -5.95. The molecule has 7 atom stereocenters. The van der Waals surface area contributed by atoms with Gasteiger partial charge in [0.1, 0.15) is 0 Å². The fourth-order valence-corrected chi connectivity index (χ4v) is 6.52. The lowest BCUT2D eigenvalue weighted by Crippen LogP contribution is -2.59. The number of alkyl halides is 6. The maximum absolute atomic E-state index is 12.9. The SMILES string of the molecule is C[C@H](CC#CC(O)(C(F)(F)F)C(F)(F)F)[C@@]1(C)CC[C@@H](C=CC2C3C[C@@H](O)C[C@]2(O)C3)C1(C)C. The molecule has 34 heavy (non-hydrogen) atoms. The minimum absolute atomic E-state index is 0.00994. The van der Waals surface area contributed by atoms with Crippen molar-refractivity contribution < 1.29 is 41.7 Å². The number of hydrogen-bond donors (Lipinski definition) is 3. The van der Waals surface area contributed by atoms with Crippen LogP contribution in [0.25, 0.3) is 0 Å². The summed E-state index contributed by atoms with van der Waals surface area (Å²) in [6.45, 7) is 7.83. The zero-order chi connectivity index (χ0) is 26.0. The van der Waals surface area contributed by atoms with E-state index in [1.165, 1.54) is 0 Å². The average Bonchev–Trinajstić information content (AvgIpc) is 2.89. The summed E-state index contributed by atoms with van der Waals surface area (Å²) in [6, 6.07) is 0. The Kier molecular flexibility index (Phi) is 6.77. The molecule has 0 amide bonds. The van der Waals surface area contributed by atoms with Crippen LogP contribution in [0.5, 0.6) is 0 Å². The van der Waals surface area contributed by atoms with Gasteiger partial charge >= 0.3 is 18.0 Å². The number of allylic oxidation sites excluding steroid dienone is 1. The van der Waals surface area contributed by atoms with Gasteiger partial charge in [-0.2, -0.15) is 26.3 Å². The molecule has 194 valence electrons. The number of aliphatic hydroxyl groups is 3. The van der Waals surface area contributed by atoms with Crippen LogP contribution in [0.4, 0.5) is 26.3 Å². The van der Waals surface area contributed by atoms with Gasteiger partial charge in [0.05, 0.1) is 11.7 Å². The molecule has 0 radical (unpaired) electrons. The fraction of sp³-hybridized carbons (Fsp3) is 0.840. The van der Waals surface area contributed by atoms with Gasteiger partial charge in [-0.25, -0.2) is 0 Å². The van der Waals surface area contributed by atoms with E-state index in [0.717, 1.165) is 18.8 Å². The number of aliphatic hydroxyl groups excluding tert-OH is 1. The molecule has 0 aliphatic heterocycles. The first-order valence-corrected chi connectivity index (χ1v) is 11.7. The average molecular weight is 497 g/mol. The molecule has 3 rings (SSSR count). The standard InChI is InChI=1S/C25H34F6O3/c1-15(6-5-10-23(34,24(26,27)28)25(29,30)31)21(4)11-9-17(20(21,2)3)7-8-19-16-12-18(32)14-22(19,33)13-16/h7-8,15-19,32-34H,6,9,11-14H2,1-4H3/t15-,16?,17-,18-,19?,21-,22-/m1/s1. The first kappa shape index (κ1) is 27.3. The van der Waals surface area contributed by atoms with Crippen molar-refractivity contribution in [2.75, 3.05) is 0 Å². The van der Waals surface area contributed by atoms with E-state index in [0.29, 0.717) is 19.3 Å². The molecule has 3 fully saturated rings. The molecule has 3 N–H and O–H groups in total. The van der Waals surface area contributed by atoms with Crippen molar-refractivity contribution in [3.05, 3.63) is 12.2 Å². The van der Waals surface area contributed by atoms with E-state index < -0.39 is 35.1 Å². The number of fused-ring (bicyclic) bond motifs is 2. The van der Waals surface area contributed by atoms with Crippen LogP contribution in [-0.2, 0) is 0 Å². The topological polar surface area (TPSA) is 60.7 Å². The van der Waals surface area contributed by atoms with Crippen molar-refractivity contribution in [3.8, 4) is 11.8 Å². The molecule has 0 aromatic rings. The predicted octanol–water partition coefficient (Wildman–Crippen LogP) is 5.39. The monoisotopic (exact) mass is 496 g/mol. The predicted molar refractivity (Wildman–Crippen MR) is 114 cm³/mol. The van der Waals surface area contributed by atoms with Crippen molar-refractivity contribution in [2.24, 2.45) is 34.5 Å². The Bertz CT molecular complexity index is 851. The van der Waals surface area contributed by atoms with Crippen molar-refractivity contribution in [2.45, 2.75) is 95.9 Å². The van der Waals surface area contributed by atoms with Gasteiger partial charge in [0, 0.05) is 18.8 Å². The van der Waals surface area contributed by atoms with E-state index in [9.17, 15) is 41.7 Å². The van der Waals surface area contributed by atoms with Crippen LogP contribution in [0.15, 0.2) is 12.2 Å². The second kappa shape index (κ2) is 8.41. The highest BCUT2D eigenvalue weighted by molar-refractivity contribution is 5.22. The zero-order valence-corrected chi connectivity index (χ0v) is 19.9. The van der Waals surface area contributed by atoms with Gasteiger partial charge in [-0.3, -0.25) is 0 Å². The molecule has 3 saturated carbocycles. The second-order valence-electron chi connectivity index (χ2n) is 11.5. The smallest absolute Gasteiger partial charge is 0.393 e. The van der Waals surface area contributed by atoms with Gasteiger partial charge < -0.3 is 15.3 Å². The number of rotatable bonds is 4. The van der Waals surface area contributed by atoms with Gasteiger partial charge in [-0.15, -0.1) is 0 Å². The highest BCUT2D eigenvalue weighted by atomic mass is 19.4. The van der Waals surface area contributed by atoms with Crippen LogP contribution in [0.3, 0.4) is 0 Å². The quantitative estimate of drug-likeness (QED) is 0.278. The van der Waals surface area contributed by atoms with Gasteiger partial charge in [0.15, 0.2) is 0 Å². The summed E-state index contributed by atoms with van der Waals surface area (Å²) in [6.07, 6.45) is -5.23. The van der Waals surface area contributed by atoms with E-state index in [-0.39, 0.29) is 35.5 Å². The Labute approximate surface area is 196 Å². The van der Waals surface area contributed by atoms with E-state index in [4.69, 9.17) is 0 Å².